The number of rotatable bonds is 8. The topological polar surface area (TPSA) is 75.6 Å². The number of hydrogen-bond donors (Lipinski definition) is 2. The first kappa shape index (κ1) is 19.2. The summed E-state index contributed by atoms with van der Waals surface area (Å²) in [6, 6.07) is 13.1. The SMILES string of the molecule is O=C(COCc1ccccc1)N[C@H](Cc1ccc(Cl)cc1Cl)C(=O)O. The Bertz CT molecular complexity index is 737. The fourth-order valence-corrected chi connectivity index (χ4v) is 2.66. The van der Waals surface area contributed by atoms with Crippen molar-refractivity contribution >= 4 is 35.1 Å². The molecular weight excluding hydrogens is 365 g/mol. The average molecular weight is 382 g/mol. The van der Waals surface area contributed by atoms with Crippen molar-refractivity contribution in [1.82, 2.24) is 5.32 Å². The molecule has 0 fully saturated rings. The average Bonchev–Trinajstić information content (AvgIpc) is 2.57. The first-order valence-electron chi connectivity index (χ1n) is 7.53. The third kappa shape index (κ3) is 6.38. The number of carbonyl (C=O) groups excluding carboxylic acids is 1. The second-order valence-electron chi connectivity index (χ2n) is 5.38. The van der Waals surface area contributed by atoms with E-state index >= 15 is 0 Å². The summed E-state index contributed by atoms with van der Waals surface area (Å²) in [4.78, 5) is 23.3. The van der Waals surface area contributed by atoms with E-state index in [2.05, 4.69) is 5.32 Å². The molecule has 0 aliphatic carbocycles. The molecule has 0 heterocycles. The van der Waals surface area contributed by atoms with Crippen LogP contribution in [0.5, 0.6) is 0 Å². The van der Waals surface area contributed by atoms with Gasteiger partial charge in [-0.1, -0.05) is 59.6 Å². The molecule has 25 heavy (non-hydrogen) atoms. The molecule has 2 aromatic rings. The van der Waals surface area contributed by atoms with E-state index in [9.17, 15) is 14.7 Å². The number of carboxylic acid groups (broad SMARTS) is 1. The molecule has 7 heteroatoms. The van der Waals surface area contributed by atoms with Gasteiger partial charge >= 0.3 is 5.97 Å². The van der Waals surface area contributed by atoms with E-state index < -0.39 is 17.9 Å². The lowest BCUT2D eigenvalue weighted by Gasteiger charge is -2.15. The maximum Gasteiger partial charge on any atom is 0.326 e. The Balaban J connectivity index is 1.87. The van der Waals surface area contributed by atoms with E-state index in [0.717, 1.165) is 5.56 Å². The maximum absolute atomic E-state index is 11.9. The van der Waals surface area contributed by atoms with Gasteiger partial charge in [-0.3, -0.25) is 4.79 Å². The smallest absolute Gasteiger partial charge is 0.326 e. The van der Waals surface area contributed by atoms with Gasteiger partial charge in [0.15, 0.2) is 0 Å². The van der Waals surface area contributed by atoms with Crippen molar-refractivity contribution in [3.63, 3.8) is 0 Å². The molecule has 0 aliphatic rings. The highest BCUT2D eigenvalue weighted by molar-refractivity contribution is 6.35. The van der Waals surface area contributed by atoms with E-state index in [1.54, 1.807) is 12.1 Å². The van der Waals surface area contributed by atoms with Crippen molar-refractivity contribution in [1.29, 1.82) is 0 Å². The molecule has 0 aromatic heterocycles. The van der Waals surface area contributed by atoms with E-state index in [1.807, 2.05) is 30.3 Å². The van der Waals surface area contributed by atoms with Crippen LogP contribution in [0.25, 0.3) is 0 Å². The number of carbonyl (C=O) groups is 2. The highest BCUT2D eigenvalue weighted by Crippen LogP contribution is 2.22. The molecule has 0 saturated heterocycles. The van der Waals surface area contributed by atoms with Gasteiger partial charge in [-0.2, -0.15) is 0 Å². The number of carboxylic acids is 1. The van der Waals surface area contributed by atoms with E-state index in [4.69, 9.17) is 27.9 Å². The van der Waals surface area contributed by atoms with Crippen LogP contribution in [0.15, 0.2) is 48.5 Å². The molecule has 1 atom stereocenters. The highest BCUT2D eigenvalue weighted by Gasteiger charge is 2.21. The van der Waals surface area contributed by atoms with Gasteiger partial charge in [-0.25, -0.2) is 4.79 Å². The summed E-state index contributed by atoms with van der Waals surface area (Å²) >= 11 is 11.9. The van der Waals surface area contributed by atoms with Crippen LogP contribution in [0, 0.1) is 0 Å². The van der Waals surface area contributed by atoms with Crippen LogP contribution in [-0.2, 0) is 27.4 Å². The van der Waals surface area contributed by atoms with Gasteiger partial charge in [0, 0.05) is 16.5 Å². The van der Waals surface area contributed by atoms with Crippen molar-refractivity contribution in [2.45, 2.75) is 19.1 Å². The van der Waals surface area contributed by atoms with Crippen LogP contribution in [0.4, 0.5) is 0 Å². The molecule has 0 unspecified atom stereocenters. The zero-order chi connectivity index (χ0) is 18.2. The Labute approximate surface area is 155 Å². The molecule has 0 bridgehead atoms. The predicted molar refractivity (Wildman–Crippen MR) is 95.8 cm³/mol. The summed E-state index contributed by atoms with van der Waals surface area (Å²) in [7, 11) is 0. The van der Waals surface area contributed by atoms with Crippen LogP contribution in [-0.4, -0.2) is 29.6 Å². The number of benzene rings is 2. The van der Waals surface area contributed by atoms with Gasteiger partial charge in [-0.05, 0) is 23.3 Å². The lowest BCUT2D eigenvalue weighted by molar-refractivity contribution is -0.142. The first-order chi connectivity index (χ1) is 12.0. The molecule has 1 amide bonds. The van der Waals surface area contributed by atoms with Crippen LogP contribution in [0.2, 0.25) is 10.0 Å². The van der Waals surface area contributed by atoms with Gasteiger partial charge < -0.3 is 15.2 Å². The Morgan fingerprint density at radius 2 is 1.84 bits per heavy atom. The van der Waals surface area contributed by atoms with E-state index in [1.165, 1.54) is 6.07 Å². The third-order valence-corrected chi connectivity index (χ3v) is 4.00. The lowest BCUT2D eigenvalue weighted by Crippen LogP contribution is -2.43. The fourth-order valence-electron chi connectivity index (χ4n) is 2.18. The van der Waals surface area contributed by atoms with E-state index in [0.29, 0.717) is 15.6 Å². The Hall–Kier alpha value is -2.08. The molecule has 0 saturated carbocycles. The summed E-state index contributed by atoms with van der Waals surface area (Å²) in [6.07, 6.45) is 0.0514. The number of hydrogen-bond acceptors (Lipinski definition) is 3. The fraction of sp³-hybridized carbons (Fsp3) is 0.222. The number of halogens is 2. The minimum absolute atomic E-state index is 0.0514. The highest BCUT2D eigenvalue weighted by atomic mass is 35.5. The molecule has 2 aromatic carbocycles. The number of amides is 1. The number of ether oxygens (including phenoxy) is 1. The summed E-state index contributed by atoms with van der Waals surface area (Å²) in [5, 5.41) is 12.6. The lowest BCUT2D eigenvalue weighted by atomic mass is 10.1. The molecule has 0 spiro atoms. The molecule has 0 radical (unpaired) electrons. The maximum atomic E-state index is 11.9. The van der Waals surface area contributed by atoms with Crippen LogP contribution < -0.4 is 5.32 Å². The normalized spacial score (nSPS) is 11.8. The third-order valence-electron chi connectivity index (χ3n) is 3.42. The molecule has 132 valence electrons. The zero-order valence-corrected chi connectivity index (χ0v) is 14.8. The van der Waals surface area contributed by atoms with Crippen molar-refractivity contribution in [3.05, 3.63) is 69.7 Å². The largest absolute Gasteiger partial charge is 0.480 e. The van der Waals surface area contributed by atoms with Crippen LogP contribution in [0.1, 0.15) is 11.1 Å². The Kier molecular flexibility index (Phi) is 7.25. The Morgan fingerprint density at radius 3 is 2.48 bits per heavy atom. The van der Waals surface area contributed by atoms with Gasteiger partial charge in [0.2, 0.25) is 5.91 Å². The summed E-state index contributed by atoms with van der Waals surface area (Å²) < 4.78 is 5.30. The summed E-state index contributed by atoms with van der Waals surface area (Å²) in [5.74, 6) is -1.66. The second-order valence-corrected chi connectivity index (χ2v) is 6.22. The molecule has 5 nitrogen and oxygen atoms in total. The molecule has 2 rings (SSSR count). The van der Waals surface area contributed by atoms with Crippen molar-refractivity contribution in [3.8, 4) is 0 Å². The van der Waals surface area contributed by atoms with Crippen molar-refractivity contribution < 1.29 is 19.4 Å². The predicted octanol–water partition coefficient (Wildman–Crippen LogP) is 3.32. The van der Waals surface area contributed by atoms with Gasteiger partial charge in [-0.15, -0.1) is 0 Å². The number of nitrogens with one attached hydrogen (secondary N) is 1. The second kappa shape index (κ2) is 9.42. The van der Waals surface area contributed by atoms with Gasteiger partial charge in [0.05, 0.1) is 6.61 Å². The minimum atomic E-state index is -1.15. The monoisotopic (exact) mass is 381 g/mol. The summed E-state index contributed by atoms with van der Waals surface area (Å²) in [5.41, 5.74) is 1.52. The van der Waals surface area contributed by atoms with Crippen LogP contribution >= 0.6 is 23.2 Å². The first-order valence-corrected chi connectivity index (χ1v) is 8.29. The molecule has 0 aliphatic heterocycles. The van der Waals surface area contributed by atoms with Crippen molar-refractivity contribution in [2.24, 2.45) is 0 Å². The standard InChI is InChI=1S/C18H17Cl2NO4/c19-14-7-6-13(15(20)9-14)8-16(18(23)24)21-17(22)11-25-10-12-4-2-1-3-5-12/h1-7,9,16H,8,10-11H2,(H,21,22)(H,23,24)/t16-/m1/s1. The van der Waals surface area contributed by atoms with Gasteiger partial charge in [0.25, 0.3) is 0 Å². The molecular formula is C18H17Cl2NO4. The Morgan fingerprint density at radius 1 is 1.12 bits per heavy atom. The van der Waals surface area contributed by atoms with Crippen molar-refractivity contribution in [2.75, 3.05) is 6.61 Å². The molecule has 2 N–H and O–H groups in total. The zero-order valence-electron chi connectivity index (χ0n) is 13.2. The van der Waals surface area contributed by atoms with E-state index in [-0.39, 0.29) is 19.6 Å². The quantitative estimate of drug-likeness (QED) is 0.735. The summed E-state index contributed by atoms with van der Waals surface area (Å²) in [6.45, 7) is 0.0437. The number of aliphatic carboxylic acids is 1. The van der Waals surface area contributed by atoms with Gasteiger partial charge in [0.1, 0.15) is 12.6 Å². The minimum Gasteiger partial charge on any atom is -0.480 e. The van der Waals surface area contributed by atoms with Crippen LogP contribution in [0.3, 0.4) is 0 Å².